The molecule has 88 valence electrons. The highest BCUT2D eigenvalue weighted by Crippen LogP contribution is 2.25. The van der Waals surface area contributed by atoms with Gasteiger partial charge in [-0.25, -0.2) is 4.39 Å². The minimum atomic E-state index is -0.287. The van der Waals surface area contributed by atoms with Gasteiger partial charge in [0.15, 0.2) is 0 Å². The minimum Gasteiger partial charge on any atom is -0.320 e. The Morgan fingerprint density at radius 1 is 1.06 bits per heavy atom. The number of halogens is 3. The van der Waals surface area contributed by atoms with Gasteiger partial charge < -0.3 is 5.73 Å². The van der Waals surface area contributed by atoms with E-state index in [4.69, 9.17) is 17.3 Å². The van der Waals surface area contributed by atoms with Crippen LogP contribution in [0.1, 0.15) is 17.2 Å². The molecule has 0 aliphatic heterocycles. The van der Waals surface area contributed by atoms with Crippen molar-refractivity contribution in [2.24, 2.45) is 5.73 Å². The summed E-state index contributed by atoms with van der Waals surface area (Å²) in [6.07, 6.45) is 0. The zero-order valence-corrected chi connectivity index (χ0v) is 11.7. The van der Waals surface area contributed by atoms with Gasteiger partial charge in [-0.1, -0.05) is 29.8 Å². The van der Waals surface area contributed by atoms with Gasteiger partial charge in [-0.05, 0) is 58.0 Å². The van der Waals surface area contributed by atoms with E-state index < -0.39 is 0 Å². The summed E-state index contributed by atoms with van der Waals surface area (Å²) in [6, 6.07) is 11.6. The average Bonchev–Trinajstić information content (AvgIpc) is 2.33. The number of hydrogen-bond acceptors (Lipinski definition) is 1. The Morgan fingerprint density at radius 2 is 1.65 bits per heavy atom. The number of nitrogens with two attached hydrogens (primary N) is 1. The van der Waals surface area contributed by atoms with Crippen molar-refractivity contribution in [1.29, 1.82) is 0 Å². The summed E-state index contributed by atoms with van der Waals surface area (Å²) < 4.78 is 13.8. The topological polar surface area (TPSA) is 26.0 Å². The maximum Gasteiger partial charge on any atom is 0.123 e. The molecule has 0 fully saturated rings. The first-order valence-corrected chi connectivity index (χ1v) is 6.49. The average molecular weight is 362 g/mol. The van der Waals surface area contributed by atoms with Gasteiger partial charge >= 0.3 is 0 Å². The lowest BCUT2D eigenvalue weighted by Crippen LogP contribution is -2.11. The van der Waals surface area contributed by atoms with Gasteiger partial charge in [-0.2, -0.15) is 0 Å². The fourth-order valence-corrected chi connectivity index (χ4v) is 2.09. The molecular formula is C13H10ClFIN. The smallest absolute Gasteiger partial charge is 0.123 e. The third kappa shape index (κ3) is 2.97. The van der Waals surface area contributed by atoms with Crippen molar-refractivity contribution >= 4 is 34.2 Å². The van der Waals surface area contributed by atoms with Crippen molar-refractivity contribution in [2.75, 3.05) is 0 Å². The molecule has 0 aromatic heterocycles. The second-order valence-electron chi connectivity index (χ2n) is 3.70. The molecule has 1 atom stereocenters. The number of benzene rings is 2. The van der Waals surface area contributed by atoms with Crippen LogP contribution in [0.25, 0.3) is 0 Å². The Balaban J connectivity index is 2.33. The van der Waals surface area contributed by atoms with Crippen molar-refractivity contribution in [3.05, 3.63) is 68.0 Å². The second-order valence-corrected chi connectivity index (χ2v) is 5.27. The van der Waals surface area contributed by atoms with E-state index in [1.807, 2.05) is 18.2 Å². The van der Waals surface area contributed by atoms with Crippen LogP contribution in [0.3, 0.4) is 0 Å². The van der Waals surface area contributed by atoms with Crippen LogP contribution in [0.5, 0.6) is 0 Å². The van der Waals surface area contributed by atoms with Gasteiger partial charge in [0.2, 0.25) is 0 Å². The highest BCUT2D eigenvalue weighted by atomic mass is 127. The van der Waals surface area contributed by atoms with Crippen molar-refractivity contribution in [3.8, 4) is 0 Å². The highest BCUT2D eigenvalue weighted by molar-refractivity contribution is 14.1. The molecule has 1 unspecified atom stereocenters. The summed E-state index contributed by atoms with van der Waals surface area (Å²) in [4.78, 5) is 0. The third-order valence-electron chi connectivity index (χ3n) is 2.53. The van der Waals surface area contributed by atoms with Crippen molar-refractivity contribution in [1.82, 2.24) is 0 Å². The fourth-order valence-electron chi connectivity index (χ4n) is 1.57. The molecule has 2 rings (SSSR count). The summed E-state index contributed by atoms with van der Waals surface area (Å²) >= 11 is 8.21. The maximum atomic E-state index is 12.8. The third-order valence-corrected chi connectivity index (χ3v) is 4.10. The van der Waals surface area contributed by atoms with Gasteiger partial charge in [0, 0.05) is 3.57 Å². The first-order valence-electron chi connectivity index (χ1n) is 5.04. The van der Waals surface area contributed by atoms with Crippen LogP contribution in [-0.2, 0) is 0 Å². The Morgan fingerprint density at radius 3 is 2.24 bits per heavy atom. The quantitative estimate of drug-likeness (QED) is 0.800. The van der Waals surface area contributed by atoms with Crippen LogP contribution in [0.4, 0.5) is 4.39 Å². The zero-order valence-electron chi connectivity index (χ0n) is 8.83. The van der Waals surface area contributed by atoms with Gasteiger partial charge in [0.25, 0.3) is 0 Å². The summed E-state index contributed by atoms with van der Waals surface area (Å²) in [7, 11) is 0. The first-order chi connectivity index (χ1) is 8.08. The Kier molecular flexibility index (Phi) is 4.01. The molecule has 0 amide bonds. The molecule has 0 bridgehead atoms. The SMILES string of the molecule is NC(c1ccc(F)cc1)c1ccc(I)c(Cl)c1. The number of hydrogen-bond donors (Lipinski definition) is 1. The molecule has 2 aromatic carbocycles. The number of rotatable bonds is 2. The largest absolute Gasteiger partial charge is 0.320 e. The summed E-state index contributed by atoms with van der Waals surface area (Å²) in [5, 5.41) is 0.681. The molecule has 0 saturated heterocycles. The molecule has 0 aliphatic carbocycles. The van der Waals surface area contributed by atoms with E-state index in [9.17, 15) is 4.39 Å². The fraction of sp³-hybridized carbons (Fsp3) is 0.0769. The molecule has 2 aromatic rings. The minimum absolute atomic E-state index is 0.262. The summed E-state index contributed by atoms with van der Waals surface area (Å²) in [6.45, 7) is 0. The molecule has 0 radical (unpaired) electrons. The lowest BCUT2D eigenvalue weighted by molar-refractivity contribution is 0.626. The van der Waals surface area contributed by atoms with Gasteiger partial charge in [-0.3, -0.25) is 0 Å². The molecular weight excluding hydrogens is 352 g/mol. The van der Waals surface area contributed by atoms with E-state index in [-0.39, 0.29) is 11.9 Å². The zero-order chi connectivity index (χ0) is 12.4. The highest BCUT2D eigenvalue weighted by Gasteiger charge is 2.10. The van der Waals surface area contributed by atoms with Crippen LogP contribution in [-0.4, -0.2) is 0 Å². The van der Waals surface area contributed by atoms with Crippen LogP contribution in [0, 0.1) is 9.39 Å². The summed E-state index contributed by atoms with van der Waals surface area (Å²) in [5.74, 6) is -0.262. The van der Waals surface area contributed by atoms with E-state index in [1.165, 1.54) is 12.1 Å². The van der Waals surface area contributed by atoms with Crippen LogP contribution >= 0.6 is 34.2 Å². The standard InChI is InChI=1S/C13H10ClFIN/c14-11-7-9(3-6-12(11)16)13(17)8-1-4-10(15)5-2-8/h1-7,13H,17H2. The van der Waals surface area contributed by atoms with Crippen molar-refractivity contribution < 1.29 is 4.39 Å². The molecule has 0 spiro atoms. The van der Waals surface area contributed by atoms with Crippen molar-refractivity contribution in [3.63, 3.8) is 0 Å². The Labute approximate surface area is 118 Å². The monoisotopic (exact) mass is 361 g/mol. The molecule has 1 nitrogen and oxygen atoms in total. The normalized spacial score (nSPS) is 12.5. The van der Waals surface area contributed by atoms with Gasteiger partial charge in [0.1, 0.15) is 5.82 Å². The molecule has 0 heterocycles. The predicted molar refractivity (Wildman–Crippen MR) is 76.6 cm³/mol. The van der Waals surface area contributed by atoms with E-state index in [1.54, 1.807) is 12.1 Å². The predicted octanol–water partition coefficient (Wildman–Crippen LogP) is 4.13. The second kappa shape index (κ2) is 5.33. The lowest BCUT2D eigenvalue weighted by Gasteiger charge is -2.13. The molecule has 4 heteroatoms. The van der Waals surface area contributed by atoms with Crippen LogP contribution < -0.4 is 5.73 Å². The van der Waals surface area contributed by atoms with Crippen molar-refractivity contribution in [2.45, 2.75) is 6.04 Å². The van der Waals surface area contributed by atoms with E-state index in [0.29, 0.717) is 5.02 Å². The van der Waals surface area contributed by atoms with Gasteiger partial charge in [0.05, 0.1) is 11.1 Å². The first kappa shape index (κ1) is 12.8. The van der Waals surface area contributed by atoms with Gasteiger partial charge in [-0.15, -0.1) is 0 Å². The Hall–Kier alpha value is -0.650. The lowest BCUT2D eigenvalue weighted by atomic mass is 10.00. The van der Waals surface area contributed by atoms with Crippen LogP contribution in [0.15, 0.2) is 42.5 Å². The Bertz CT molecular complexity index is 527. The molecule has 17 heavy (non-hydrogen) atoms. The molecule has 0 saturated carbocycles. The van der Waals surface area contributed by atoms with Crippen LogP contribution in [0.2, 0.25) is 5.02 Å². The van der Waals surface area contributed by atoms with E-state index in [0.717, 1.165) is 14.7 Å². The maximum absolute atomic E-state index is 12.8. The molecule has 2 N–H and O–H groups in total. The van der Waals surface area contributed by atoms with E-state index >= 15 is 0 Å². The molecule has 0 aliphatic rings. The summed E-state index contributed by atoms with van der Waals surface area (Å²) in [5.41, 5.74) is 7.88. The van der Waals surface area contributed by atoms with E-state index in [2.05, 4.69) is 22.6 Å².